The lowest BCUT2D eigenvalue weighted by Gasteiger charge is -2.32. The van der Waals surface area contributed by atoms with E-state index in [9.17, 15) is 18.0 Å². The molecule has 1 aliphatic carbocycles. The van der Waals surface area contributed by atoms with Crippen molar-refractivity contribution in [3.05, 3.63) is 29.8 Å². The third-order valence-corrected chi connectivity index (χ3v) is 8.18. The first-order valence-electron chi connectivity index (χ1n) is 11.1. The van der Waals surface area contributed by atoms with Gasteiger partial charge in [0.05, 0.1) is 4.90 Å². The fraction of sp³-hybridized carbons (Fsp3) is 0.636. The highest BCUT2D eigenvalue weighted by Crippen LogP contribution is 2.25. The summed E-state index contributed by atoms with van der Waals surface area (Å²) < 4.78 is 27.3. The molecule has 2 fully saturated rings. The predicted molar refractivity (Wildman–Crippen MR) is 116 cm³/mol. The van der Waals surface area contributed by atoms with Crippen LogP contribution in [-0.4, -0.2) is 50.2 Å². The van der Waals surface area contributed by atoms with Crippen LogP contribution in [0.15, 0.2) is 29.2 Å². The Bertz CT molecular complexity index is 832. The molecule has 0 spiro atoms. The topological polar surface area (TPSA) is 95.6 Å². The minimum Gasteiger partial charge on any atom is -0.354 e. The second-order valence-electron chi connectivity index (χ2n) is 8.37. The maximum atomic E-state index is 12.9. The van der Waals surface area contributed by atoms with Gasteiger partial charge in [0.15, 0.2) is 0 Å². The number of nitrogens with zero attached hydrogens (tertiary/aromatic N) is 1. The first-order valence-corrected chi connectivity index (χ1v) is 12.5. The van der Waals surface area contributed by atoms with Crippen LogP contribution >= 0.6 is 0 Å². The van der Waals surface area contributed by atoms with Crippen molar-refractivity contribution in [2.75, 3.05) is 19.6 Å². The Balaban J connectivity index is 1.48. The van der Waals surface area contributed by atoms with Gasteiger partial charge < -0.3 is 10.6 Å². The highest BCUT2D eigenvalue weighted by molar-refractivity contribution is 7.89. The largest absolute Gasteiger partial charge is 0.354 e. The van der Waals surface area contributed by atoms with Crippen LogP contribution in [0.25, 0.3) is 0 Å². The Kier molecular flexibility index (Phi) is 7.88. The second kappa shape index (κ2) is 10.4. The van der Waals surface area contributed by atoms with Crippen molar-refractivity contribution in [2.45, 2.75) is 69.2 Å². The number of carbonyl (C=O) groups is 2. The van der Waals surface area contributed by atoms with Crippen LogP contribution in [0.3, 0.4) is 0 Å². The number of piperidine rings is 1. The molecule has 1 heterocycles. The number of hydrogen-bond donors (Lipinski definition) is 2. The number of carbonyl (C=O) groups excluding carboxylic acids is 2. The van der Waals surface area contributed by atoms with E-state index < -0.39 is 10.0 Å². The standard InChI is InChI=1S/C22H33N3O4S/c1-17-7-5-6-16-25(17)30(28,29)20-12-10-19(11-13-20)22(27)24-15-14-23-21(26)18-8-3-2-4-9-18/h10-13,17-18H,2-9,14-16H2,1H3,(H,23,26)(H,24,27). The van der Waals surface area contributed by atoms with Crippen LogP contribution < -0.4 is 10.6 Å². The van der Waals surface area contributed by atoms with Crippen molar-refractivity contribution in [1.82, 2.24) is 14.9 Å². The highest BCUT2D eigenvalue weighted by Gasteiger charge is 2.30. The van der Waals surface area contributed by atoms with Gasteiger partial charge in [0.2, 0.25) is 15.9 Å². The normalized spacial score (nSPS) is 21.2. The van der Waals surface area contributed by atoms with Gasteiger partial charge in [-0.15, -0.1) is 0 Å². The van der Waals surface area contributed by atoms with Gasteiger partial charge in [-0.1, -0.05) is 25.7 Å². The monoisotopic (exact) mass is 435 g/mol. The van der Waals surface area contributed by atoms with Crippen molar-refractivity contribution in [3.63, 3.8) is 0 Å². The predicted octanol–water partition coefficient (Wildman–Crippen LogP) is 2.68. The van der Waals surface area contributed by atoms with Gasteiger partial charge >= 0.3 is 0 Å². The maximum Gasteiger partial charge on any atom is 0.251 e. The summed E-state index contributed by atoms with van der Waals surface area (Å²) >= 11 is 0. The van der Waals surface area contributed by atoms with E-state index in [1.54, 1.807) is 4.31 Å². The number of hydrogen-bond acceptors (Lipinski definition) is 4. The van der Waals surface area contributed by atoms with Crippen molar-refractivity contribution in [2.24, 2.45) is 5.92 Å². The molecule has 0 bridgehead atoms. The molecule has 166 valence electrons. The van der Waals surface area contributed by atoms with Crippen molar-refractivity contribution >= 4 is 21.8 Å². The molecule has 1 aliphatic heterocycles. The van der Waals surface area contributed by atoms with Crippen LogP contribution in [0, 0.1) is 5.92 Å². The molecule has 8 heteroatoms. The number of nitrogens with one attached hydrogen (secondary N) is 2. The number of sulfonamides is 1. The number of rotatable bonds is 7. The Morgan fingerprint density at radius 3 is 2.23 bits per heavy atom. The number of benzene rings is 1. The fourth-order valence-electron chi connectivity index (χ4n) is 4.32. The Hall–Kier alpha value is -1.93. The summed E-state index contributed by atoms with van der Waals surface area (Å²) in [6, 6.07) is 6.07. The highest BCUT2D eigenvalue weighted by atomic mass is 32.2. The smallest absolute Gasteiger partial charge is 0.251 e. The minimum atomic E-state index is -3.54. The van der Waals surface area contributed by atoms with Crippen molar-refractivity contribution in [1.29, 1.82) is 0 Å². The van der Waals surface area contributed by atoms with E-state index in [0.717, 1.165) is 44.9 Å². The third kappa shape index (κ3) is 5.60. The summed E-state index contributed by atoms with van der Waals surface area (Å²) in [4.78, 5) is 24.7. The Labute approximate surface area is 179 Å². The molecule has 1 unspecified atom stereocenters. The van der Waals surface area contributed by atoms with Gasteiger partial charge in [-0.05, 0) is 56.9 Å². The summed E-state index contributed by atoms with van der Waals surface area (Å²) in [5, 5.41) is 5.66. The molecule has 1 saturated heterocycles. The zero-order valence-electron chi connectivity index (χ0n) is 17.7. The molecule has 30 heavy (non-hydrogen) atoms. The molecule has 1 aromatic carbocycles. The summed E-state index contributed by atoms with van der Waals surface area (Å²) in [5.74, 6) is -0.103. The molecule has 2 aliphatic rings. The van der Waals surface area contributed by atoms with Gasteiger partial charge in [0, 0.05) is 37.2 Å². The minimum absolute atomic E-state index is 0.00412. The Morgan fingerprint density at radius 1 is 0.933 bits per heavy atom. The summed E-state index contributed by atoms with van der Waals surface area (Å²) in [5.41, 5.74) is 0.402. The fourth-order valence-corrected chi connectivity index (χ4v) is 6.01. The lowest BCUT2D eigenvalue weighted by molar-refractivity contribution is -0.125. The van der Waals surface area contributed by atoms with Crippen LogP contribution in [-0.2, 0) is 14.8 Å². The van der Waals surface area contributed by atoms with Gasteiger partial charge in [-0.25, -0.2) is 8.42 Å². The van der Waals surface area contributed by atoms with E-state index in [1.807, 2.05) is 6.92 Å². The summed E-state index contributed by atoms with van der Waals surface area (Å²) in [6.45, 7) is 3.20. The van der Waals surface area contributed by atoms with Crippen molar-refractivity contribution < 1.29 is 18.0 Å². The van der Waals surface area contributed by atoms with E-state index in [0.29, 0.717) is 25.2 Å². The molecule has 1 aromatic rings. The molecule has 1 atom stereocenters. The molecule has 2 N–H and O–H groups in total. The lowest BCUT2D eigenvalue weighted by atomic mass is 9.89. The van der Waals surface area contributed by atoms with Gasteiger partial charge in [-0.2, -0.15) is 4.31 Å². The van der Waals surface area contributed by atoms with E-state index in [2.05, 4.69) is 10.6 Å². The molecule has 0 radical (unpaired) electrons. The zero-order valence-corrected chi connectivity index (χ0v) is 18.5. The second-order valence-corrected chi connectivity index (χ2v) is 10.3. The van der Waals surface area contributed by atoms with E-state index >= 15 is 0 Å². The van der Waals surface area contributed by atoms with Crippen LogP contribution in [0.1, 0.15) is 68.6 Å². The molecule has 2 amide bonds. The molecule has 3 rings (SSSR count). The van der Waals surface area contributed by atoms with E-state index in [4.69, 9.17) is 0 Å². The van der Waals surface area contributed by atoms with Crippen LogP contribution in [0.4, 0.5) is 0 Å². The molecule has 1 saturated carbocycles. The average Bonchev–Trinajstić information content (AvgIpc) is 2.77. The molecule has 7 nitrogen and oxygen atoms in total. The first-order chi connectivity index (χ1) is 14.4. The molecular weight excluding hydrogens is 402 g/mol. The number of amides is 2. The quantitative estimate of drug-likeness (QED) is 0.644. The maximum absolute atomic E-state index is 12.9. The Morgan fingerprint density at radius 2 is 1.57 bits per heavy atom. The first kappa shape index (κ1) is 22.7. The van der Waals surface area contributed by atoms with E-state index in [-0.39, 0.29) is 28.7 Å². The average molecular weight is 436 g/mol. The molecule has 0 aromatic heterocycles. The third-order valence-electron chi connectivity index (χ3n) is 6.15. The van der Waals surface area contributed by atoms with Crippen LogP contribution in [0.2, 0.25) is 0 Å². The van der Waals surface area contributed by atoms with Gasteiger partial charge in [0.25, 0.3) is 5.91 Å². The summed E-state index contributed by atoms with van der Waals surface area (Å²) in [7, 11) is -3.54. The van der Waals surface area contributed by atoms with Gasteiger partial charge in [0.1, 0.15) is 0 Å². The lowest BCUT2D eigenvalue weighted by Crippen LogP contribution is -2.41. The summed E-state index contributed by atoms with van der Waals surface area (Å²) in [6.07, 6.45) is 8.12. The van der Waals surface area contributed by atoms with Crippen LogP contribution in [0.5, 0.6) is 0 Å². The zero-order chi connectivity index (χ0) is 21.6. The SMILES string of the molecule is CC1CCCCN1S(=O)(=O)c1ccc(C(=O)NCCNC(=O)C2CCCCC2)cc1. The van der Waals surface area contributed by atoms with Crippen molar-refractivity contribution in [3.8, 4) is 0 Å². The van der Waals surface area contributed by atoms with Gasteiger partial charge in [-0.3, -0.25) is 9.59 Å². The van der Waals surface area contributed by atoms with E-state index in [1.165, 1.54) is 30.7 Å². The molecular formula is C22H33N3O4S.